The van der Waals surface area contributed by atoms with E-state index in [0.717, 1.165) is 37.3 Å². The standard InChI is InChI=1S/C17H16ClF3N4O/c1-10(16-24-23-14-3-2-8-25(14)16)22-15(26)7-5-11-4-6-13(18)12(9-11)17(19,20)21/h4-7,9-10H,2-3,8H2,1H3,(H,22,26). The van der Waals surface area contributed by atoms with Crippen molar-refractivity contribution in [3.05, 3.63) is 52.1 Å². The maximum atomic E-state index is 12.9. The number of alkyl halides is 3. The highest BCUT2D eigenvalue weighted by Gasteiger charge is 2.33. The van der Waals surface area contributed by atoms with Crippen LogP contribution in [0.3, 0.4) is 0 Å². The second-order valence-corrected chi connectivity index (χ2v) is 6.44. The van der Waals surface area contributed by atoms with Crippen molar-refractivity contribution in [2.45, 2.75) is 38.5 Å². The number of hydrogen-bond donors (Lipinski definition) is 1. The first-order valence-electron chi connectivity index (χ1n) is 8.03. The number of amides is 1. The molecule has 1 unspecified atom stereocenters. The molecule has 5 nitrogen and oxygen atoms in total. The molecule has 1 amide bonds. The zero-order chi connectivity index (χ0) is 18.9. The van der Waals surface area contributed by atoms with Gasteiger partial charge in [0.15, 0.2) is 5.82 Å². The van der Waals surface area contributed by atoms with Gasteiger partial charge < -0.3 is 9.88 Å². The third kappa shape index (κ3) is 3.90. The minimum absolute atomic E-state index is 0.230. The number of carbonyl (C=O) groups is 1. The molecule has 0 spiro atoms. The molecule has 1 aromatic heterocycles. The zero-order valence-electron chi connectivity index (χ0n) is 13.8. The van der Waals surface area contributed by atoms with Gasteiger partial charge in [0.05, 0.1) is 16.6 Å². The maximum Gasteiger partial charge on any atom is 0.417 e. The monoisotopic (exact) mass is 384 g/mol. The van der Waals surface area contributed by atoms with Gasteiger partial charge in [0, 0.05) is 19.0 Å². The molecule has 0 bridgehead atoms. The molecule has 1 aliphatic heterocycles. The Hall–Kier alpha value is -2.35. The minimum Gasteiger partial charge on any atom is -0.343 e. The summed E-state index contributed by atoms with van der Waals surface area (Å²) in [4.78, 5) is 12.1. The minimum atomic E-state index is -4.55. The molecule has 138 valence electrons. The Bertz CT molecular complexity index is 860. The molecule has 1 atom stereocenters. The van der Waals surface area contributed by atoms with Crippen molar-refractivity contribution in [3.8, 4) is 0 Å². The molecule has 0 aliphatic carbocycles. The smallest absolute Gasteiger partial charge is 0.343 e. The lowest BCUT2D eigenvalue weighted by Gasteiger charge is -2.12. The number of halogens is 4. The van der Waals surface area contributed by atoms with E-state index >= 15 is 0 Å². The summed E-state index contributed by atoms with van der Waals surface area (Å²) in [6.45, 7) is 2.60. The SMILES string of the molecule is CC(NC(=O)C=Cc1ccc(Cl)c(C(F)(F)F)c1)c1nnc2n1CCC2. The molecule has 0 saturated heterocycles. The average molecular weight is 385 g/mol. The Morgan fingerprint density at radius 3 is 2.88 bits per heavy atom. The molecule has 3 rings (SSSR count). The van der Waals surface area contributed by atoms with Gasteiger partial charge in [-0.25, -0.2) is 0 Å². The lowest BCUT2D eigenvalue weighted by atomic mass is 10.1. The highest BCUT2D eigenvalue weighted by Crippen LogP contribution is 2.35. The fraction of sp³-hybridized carbons (Fsp3) is 0.353. The van der Waals surface area contributed by atoms with Gasteiger partial charge in [0.1, 0.15) is 5.82 Å². The van der Waals surface area contributed by atoms with Crippen LogP contribution in [-0.2, 0) is 23.9 Å². The quantitative estimate of drug-likeness (QED) is 0.816. The second kappa shape index (κ2) is 7.11. The van der Waals surface area contributed by atoms with E-state index in [4.69, 9.17) is 11.6 Å². The van der Waals surface area contributed by atoms with Crippen molar-refractivity contribution in [3.63, 3.8) is 0 Å². The summed E-state index contributed by atoms with van der Waals surface area (Å²) < 4.78 is 40.6. The Morgan fingerprint density at radius 1 is 1.38 bits per heavy atom. The van der Waals surface area contributed by atoms with E-state index in [1.54, 1.807) is 6.92 Å². The normalized spacial score (nSPS) is 15.3. The number of benzene rings is 1. The number of hydrogen-bond acceptors (Lipinski definition) is 3. The van der Waals surface area contributed by atoms with E-state index in [1.807, 2.05) is 4.57 Å². The van der Waals surface area contributed by atoms with E-state index in [1.165, 1.54) is 18.2 Å². The molecule has 2 aromatic rings. The highest BCUT2D eigenvalue weighted by atomic mass is 35.5. The van der Waals surface area contributed by atoms with Gasteiger partial charge in [0.2, 0.25) is 5.91 Å². The second-order valence-electron chi connectivity index (χ2n) is 6.03. The van der Waals surface area contributed by atoms with Crippen LogP contribution in [0.1, 0.15) is 42.2 Å². The van der Waals surface area contributed by atoms with Crippen LogP contribution in [0.2, 0.25) is 5.02 Å². The summed E-state index contributed by atoms with van der Waals surface area (Å²) in [5, 5.41) is 10.5. The number of aromatic nitrogens is 3. The third-order valence-corrected chi connectivity index (χ3v) is 4.44. The number of aryl methyl sites for hydroxylation is 1. The number of rotatable bonds is 4. The molecule has 26 heavy (non-hydrogen) atoms. The summed E-state index contributed by atoms with van der Waals surface area (Å²) in [6, 6.07) is 3.11. The molecule has 1 N–H and O–H groups in total. The van der Waals surface area contributed by atoms with Crippen molar-refractivity contribution in [1.29, 1.82) is 0 Å². The first-order chi connectivity index (χ1) is 12.3. The number of carbonyl (C=O) groups excluding carboxylic acids is 1. The summed E-state index contributed by atoms with van der Waals surface area (Å²) >= 11 is 5.58. The number of nitrogens with one attached hydrogen (secondary N) is 1. The van der Waals surface area contributed by atoms with Gasteiger partial charge in [-0.1, -0.05) is 17.7 Å². The van der Waals surface area contributed by atoms with Gasteiger partial charge >= 0.3 is 6.18 Å². The van der Waals surface area contributed by atoms with Crippen molar-refractivity contribution in [2.75, 3.05) is 0 Å². The molecule has 0 radical (unpaired) electrons. The van der Waals surface area contributed by atoms with Crippen molar-refractivity contribution >= 4 is 23.6 Å². The Balaban J connectivity index is 1.68. The summed E-state index contributed by atoms with van der Waals surface area (Å²) in [5.74, 6) is 1.14. The maximum absolute atomic E-state index is 12.9. The van der Waals surface area contributed by atoms with Gasteiger partial charge in [-0.15, -0.1) is 10.2 Å². The van der Waals surface area contributed by atoms with Crippen LogP contribution in [0.5, 0.6) is 0 Å². The topological polar surface area (TPSA) is 59.8 Å². The lowest BCUT2D eigenvalue weighted by Crippen LogP contribution is -2.27. The fourth-order valence-corrected chi connectivity index (χ4v) is 3.08. The first-order valence-corrected chi connectivity index (χ1v) is 8.41. The van der Waals surface area contributed by atoms with Crippen molar-refractivity contribution in [2.24, 2.45) is 0 Å². The van der Waals surface area contributed by atoms with Gasteiger partial charge in [0.25, 0.3) is 0 Å². The molecular formula is C17H16ClF3N4O. The van der Waals surface area contributed by atoms with E-state index in [2.05, 4.69) is 15.5 Å². The molecule has 0 fully saturated rings. The predicted molar refractivity (Wildman–Crippen MR) is 90.4 cm³/mol. The molecular weight excluding hydrogens is 369 g/mol. The Labute approximate surface area is 152 Å². The average Bonchev–Trinajstić information content (AvgIpc) is 3.15. The van der Waals surface area contributed by atoms with E-state index in [0.29, 0.717) is 5.82 Å². The van der Waals surface area contributed by atoms with Gasteiger partial charge in [-0.05, 0) is 37.1 Å². The molecule has 0 saturated carbocycles. The van der Waals surface area contributed by atoms with Gasteiger partial charge in [-0.2, -0.15) is 13.2 Å². The van der Waals surface area contributed by atoms with Crippen LogP contribution in [0.25, 0.3) is 6.08 Å². The molecule has 1 aromatic carbocycles. The number of fused-ring (bicyclic) bond motifs is 1. The van der Waals surface area contributed by atoms with Crippen LogP contribution >= 0.6 is 11.6 Å². The van der Waals surface area contributed by atoms with E-state index < -0.39 is 17.6 Å². The Morgan fingerprint density at radius 2 is 2.15 bits per heavy atom. The van der Waals surface area contributed by atoms with Crippen molar-refractivity contribution < 1.29 is 18.0 Å². The fourth-order valence-electron chi connectivity index (χ4n) is 2.86. The van der Waals surface area contributed by atoms with Gasteiger partial charge in [-0.3, -0.25) is 4.79 Å². The number of nitrogens with zero attached hydrogens (tertiary/aromatic N) is 3. The van der Waals surface area contributed by atoms with Crippen LogP contribution in [0.15, 0.2) is 24.3 Å². The molecule has 2 heterocycles. The van der Waals surface area contributed by atoms with E-state index in [-0.39, 0.29) is 16.6 Å². The highest BCUT2D eigenvalue weighted by molar-refractivity contribution is 6.31. The largest absolute Gasteiger partial charge is 0.417 e. The zero-order valence-corrected chi connectivity index (χ0v) is 14.6. The lowest BCUT2D eigenvalue weighted by molar-refractivity contribution is -0.137. The summed E-state index contributed by atoms with van der Waals surface area (Å²) in [7, 11) is 0. The van der Waals surface area contributed by atoms with Crippen molar-refractivity contribution in [1.82, 2.24) is 20.1 Å². The Kier molecular flexibility index (Phi) is 5.04. The van der Waals surface area contributed by atoms with Crippen LogP contribution in [-0.4, -0.2) is 20.7 Å². The van der Waals surface area contributed by atoms with Crippen LogP contribution < -0.4 is 5.32 Å². The third-order valence-electron chi connectivity index (χ3n) is 4.11. The predicted octanol–water partition coefficient (Wildman–Crippen LogP) is 3.79. The summed E-state index contributed by atoms with van der Waals surface area (Å²) in [6.07, 6.45) is -0.197. The van der Waals surface area contributed by atoms with Crippen LogP contribution in [0, 0.1) is 0 Å². The first kappa shape index (κ1) is 18.4. The molecule has 9 heteroatoms. The summed E-state index contributed by atoms with van der Waals surface area (Å²) in [5.41, 5.74) is -0.706. The van der Waals surface area contributed by atoms with E-state index in [9.17, 15) is 18.0 Å². The van der Waals surface area contributed by atoms with Crippen LogP contribution in [0.4, 0.5) is 13.2 Å². The molecule has 1 aliphatic rings.